The molecule has 0 saturated heterocycles. The van der Waals surface area contributed by atoms with Gasteiger partial charge in [0.2, 0.25) is 0 Å². The Hall–Kier alpha value is -2.43. The lowest BCUT2D eigenvalue weighted by atomic mass is 9.85. The van der Waals surface area contributed by atoms with Crippen molar-refractivity contribution in [2.24, 2.45) is 0 Å². The number of carbonyl (C=O) groups excluding carboxylic acids is 1. The Labute approximate surface area is 857 Å². The molecule has 0 N–H and O–H groups in total. The van der Waals surface area contributed by atoms with Gasteiger partial charge in [0.15, 0.2) is 22.8 Å². The van der Waals surface area contributed by atoms with E-state index >= 15 is 0 Å². The summed E-state index contributed by atoms with van der Waals surface area (Å²) >= 11 is 0. The van der Waals surface area contributed by atoms with Crippen molar-refractivity contribution in [1.29, 1.82) is 0 Å². The summed E-state index contributed by atoms with van der Waals surface area (Å²) in [6, 6.07) is 0. The van der Waals surface area contributed by atoms with Gasteiger partial charge in [-0.15, -0.1) is 0 Å². The van der Waals surface area contributed by atoms with Gasteiger partial charge in [-0.1, -0.05) is 610 Å². The second-order valence-electron chi connectivity index (χ2n) is 44.4. The summed E-state index contributed by atoms with van der Waals surface area (Å²) in [6.07, 6.45) is 148. The molecule has 0 aliphatic heterocycles. The highest BCUT2D eigenvalue weighted by atomic mass is 16.6. The molecule has 5 nitrogen and oxygen atoms in total. The fourth-order valence-electron chi connectivity index (χ4n) is 22.6. The van der Waals surface area contributed by atoms with E-state index in [1.54, 1.807) is 0 Å². The summed E-state index contributed by atoms with van der Waals surface area (Å²) in [6.45, 7) is 30.9. The molecule has 0 aromatic carbocycles. The third-order valence-corrected chi connectivity index (χ3v) is 31.4. The lowest BCUT2D eigenvalue weighted by Crippen LogP contribution is -2.46. The van der Waals surface area contributed by atoms with Crippen molar-refractivity contribution in [3.8, 4) is 0 Å². The smallest absolute Gasteiger partial charge is 0.185 e. The monoisotopic (exact) mass is 1900 g/mol. The van der Waals surface area contributed by atoms with Crippen LogP contribution in [-0.4, -0.2) is 6.16 Å². The molecule has 2 aromatic heterocycles. The van der Waals surface area contributed by atoms with Crippen molar-refractivity contribution in [1.82, 2.24) is 0 Å². The number of pyridine rings is 2. The summed E-state index contributed by atoms with van der Waals surface area (Å²) in [5.74, 6) is 0. The molecule has 0 unspecified atom stereocenters. The van der Waals surface area contributed by atoms with Gasteiger partial charge in [-0.05, 0) is 133 Å². The molecule has 804 valence electrons. The van der Waals surface area contributed by atoms with Crippen LogP contribution in [0.15, 0.2) is 0 Å². The van der Waals surface area contributed by atoms with Crippen LogP contribution < -0.4 is 19.3 Å². The molecule has 5 heteroatoms. The molecule has 0 aliphatic carbocycles. The van der Waals surface area contributed by atoms with Crippen LogP contribution in [0, 0.1) is 0 Å². The van der Waals surface area contributed by atoms with Crippen LogP contribution in [-0.2, 0) is 77.3 Å². The maximum absolute atomic E-state index is 8.33. The lowest BCUT2D eigenvalue weighted by molar-refractivity contribution is -0.712. The van der Waals surface area contributed by atoms with E-state index in [0.717, 1.165) is 0 Å². The molecule has 0 amide bonds. The fraction of sp³-hybridized carbons (Fsp3) is 0.916. The third kappa shape index (κ3) is 81.8. The highest BCUT2D eigenvalue weighted by Crippen LogP contribution is 2.34. The fourth-order valence-corrected chi connectivity index (χ4v) is 22.6. The Morgan fingerprint density at radius 1 is 0.132 bits per heavy atom. The van der Waals surface area contributed by atoms with Crippen molar-refractivity contribution in [3.05, 3.63) is 56.2 Å². The SMILES string of the molecule is CCCCCCCCCCc1c(CCCCCCCCCC)c(CCCCCCCCCC)[n+](CCCCCCCCCC)c(CCCCCCCCCC)c1CCCCCCCCCC.CCCCCCCCCCc1c(CCCCCCCCCC)c(CCCCCCCCCC)[n+](CCCCCCCCCC)c(CCCCCCCCCC)c1CCCCCCCCCC.O=C([O-])[O-]. The van der Waals surface area contributed by atoms with Crippen LogP contribution in [0.25, 0.3) is 0 Å². The van der Waals surface area contributed by atoms with Gasteiger partial charge in [0, 0.05) is 60.8 Å². The van der Waals surface area contributed by atoms with E-state index in [4.69, 9.17) is 15.0 Å². The van der Waals surface area contributed by atoms with E-state index in [0.29, 0.717) is 0 Å². The normalized spacial score (nSPS) is 11.6. The molecular formula is C131H252N2O3. The highest BCUT2D eigenvalue weighted by Gasteiger charge is 2.32. The van der Waals surface area contributed by atoms with Crippen LogP contribution in [0.1, 0.15) is 756 Å². The zero-order chi connectivity index (χ0) is 98.9. The van der Waals surface area contributed by atoms with Crippen LogP contribution >= 0.6 is 0 Å². The number of rotatable bonds is 108. The van der Waals surface area contributed by atoms with E-state index in [1.165, 1.54) is 694 Å². The summed E-state index contributed by atoms with van der Waals surface area (Å²) in [4.78, 5) is 8.33. The van der Waals surface area contributed by atoms with Crippen molar-refractivity contribution < 1.29 is 24.1 Å². The van der Waals surface area contributed by atoms with Crippen LogP contribution in [0.4, 0.5) is 4.79 Å². The third-order valence-electron chi connectivity index (χ3n) is 31.4. The molecular weight excluding hydrogens is 1650 g/mol. The zero-order valence-corrected chi connectivity index (χ0v) is 96.0. The van der Waals surface area contributed by atoms with Crippen molar-refractivity contribution in [3.63, 3.8) is 0 Å². The maximum Gasteiger partial charge on any atom is 0.185 e. The predicted molar refractivity (Wildman–Crippen MR) is 607 cm³/mol. The van der Waals surface area contributed by atoms with Crippen LogP contribution in [0.2, 0.25) is 0 Å². The Morgan fingerprint density at radius 3 is 0.338 bits per heavy atom. The van der Waals surface area contributed by atoms with Gasteiger partial charge >= 0.3 is 0 Å². The minimum absolute atomic E-state index is 1.29. The molecule has 0 spiro atoms. The maximum atomic E-state index is 8.33. The molecule has 0 saturated carbocycles. The van der Waals surface area contributed by atoms with Crippen molar-refractivity contribution in [2.75, 3.05) is 0 Å². The minimum atomic E-state index is -2.33. The first kappa shape index (κ1) is 134. The Kier molecular flexibility index (Phi) is 108. The molecule has 0 bridgehead atoms. The summed E-state index contributed by atoms with van der Waals surface area (Å²) in [7, 11) is 0. The molecule has 0 atom stereocenters. The minimum Gasteiger partial charge on any atom is -0.652 e. The van der Waals surface area contributed by atoms with E-state index in [-0.39, 0.29) is 0 Å². The molecule has 136 heavy (non-hydrogen) atoms. The van der Waals surface area contributed by atoms with Gasteiger partial charge in [-0.3, -0.25) is 0 Å². The number of carboxylic acid groups (broad SMARTS) is 2. The van der Waals surface area contributed by atoms with Gasteiger partial charge in [-0.2, -0.15) is 9.13 Å². The van der Waals surface area contributed by atoms with Gasteiger partial charge in [0.25, 0.3) is 0 Å². The number of hydrogen-bond acceptors (Lipinski definition) is 3. The van der Waals surface area contributed by atoms with Gasteiger partial charge in [0.05, 0.1) is 0 Å². The highest BCUT2D eigenvalue weighted by molar-refractivity contribution is 5.47. The zero-order valence-electron chi connectivity index (χ0n) is 96.0. The lowest BCUT2D eigenvalue weighted by Gasteiger charge is -2.23. The van der Waals surface area contributed by atoms with E-state index < -0.39 is 6.16 Å². The van der Waals surface area contributed by atoms with Crippen molar-refractivity contribution in [2.45, 2.75) is 777 Å². The molecule has 0 aliphatic rings. The van der Waals surface area contributed by atoms with E-state index in [2.05, 4.69) is 92.2 Å². The first-order valence-corrected chi connectivity index (χ1v) is 64.2. The standard InChI is InChI=1S/2C65H126N.CH2O3/c2*1-7-13-19-25-31-37-43-49-55-61-62(56-50-44-38-32-26-20-14-8-2)64(58-52-46-40-34-28-22-16-10-4)66(60-54-48-42-36-30-24-18-12-6)65(59-53-47-41-35-29-23-17-11-5)63(61)57-51-45-39-33-27-21-15-9-3;2-1(3)4/h2*7-60H2,1-6H3;(H2,2,3,4)/q2*+1;/p-2. The Bertz CT molecular complexity index is 2040. The number of aromatic nitrogens is 2. The second kappa shape index (κ2) is 110. The number of unbranched alkanes of at least 4 members (excludes halogenated alkanes) is 84. The number of carbonyl (C=O) groups is 1. The van der Waals surface area contributed by atoms with E-state index in [9.17, 15) is 0 Å². The molecule has 0 fully saturated rings. The first-order valence-electron chi connectivity index (χ1n) is 64.2. The molecule has 2 heterocycles. The summed E-state index contributed by atoms with van der Waals surface area (Å²) < 4.78 is 6.24. The average molecular weight is 1900 g/mol. The largest absolute Gasteiger partial charge is 0.652 e. The second-order valence-corrected chi connectivity index (χ2v) is 44.4. The first-order chi connectivity index (χ1) is 67.1. The molecule has 0 radical (unpaired) electrons. The average Bonchev–Trinajstić information content (AvgIpc) is 0.772. The summed E-state index contributed by atoms with van der Waals surface area (Å²) in [5.41, 5.74) is 18.9. The number of nitrogens with zero attached hydrogens (tertiary/aromatic N) is 2. The number of hydrogen-bond donors (Lipinski definition) is 0. The van der Waals surface area contributed by atoms with Gasteiger partial charge in [0.1, 0.15) is 13.1 Å². The van der Waals surface area contributed by atoms with Crippen LogP contribution in [0.5, 0.6) is 0 Å². The molecule has 2 rings (SSSR count). The summed E-state index contributed by atoms with van der Waals surface area (Å²) in [5, 5.41) is 16.7. The van der Waals surface area contributed by atoms with Crippen molar-refractivity contribution >= 4 is 6.16 Å². The van der Waals surface area contributed by atoms with E-state index in [1.807, 2.05) is 56.2 Å². The quantitative estimate of drug-likeness (QED) is 0.0489. The Morgan fingerprint density at radius 2 is 0.221 bits per heavy atom. The topological polar surface area (TPSA) is 71.0 Å². The van der Waals surface area contributed by atoms with Gasteiger partial charge in [-0.25, -0.2) is 0 Å². The Balaban J connectivity index is 0.00000258. The predicted octanol–water partition coefficient (Wildman–Crippen LogP) is 42.6. The molecule has 2 aromatic rings. The van der Waals surface area contributed by atoms with Crippen LogP contribution in [0.3, 0.4) is 0 Å². The van der Waals surface area contributed by atoms with Gasteiger partial charge < -0.3 is 15.0 Å².